The van der Waals surface area contributed by atoms with Gasteiger partial charge in [0.1, 0.15) is 0 Å². The number of likely N-dealkylation sites (tertiary alicyclic amines) is 1. The Kier molecular flexibility index (Phi) is 4.27. The van der Waals surface area contributed by atoms with E-state index in [1.807, 2.05) is 23.1 Å². The normalized spacial score (nSPS) is 21.3. The molecule has 0 bridgehead atoms. The van der Waals surface area contributed by atoms with Gasteiger partial charge in [-0.25, -0.2) is 0 Å². The number of rotatable bonds is 5. The van der Waals surface area contributed by atoms with E-state index in [2.05, 4.69) is 12.1 Å². The maximum Gasteiger partial charge on any atom is 0.233 e. The number of amides is 1. The van der Waals surface area contributed by atoms with Crippen LogP contribution in [0.5, 0.6) is 0 Å². The van der Waals surface area contributed by atoms with Crippen molar-refractivity contribution in [1.82, 2.24) is 4.90 Å². The van der Waals surface area contributed by atoms with E-state index >= 15 is 0 Å². The van der Waals surface area contributed by atoms with Crippen LogP contribution < -0.4 is 0 Å². The number of hydrogen-bond donors (Lipinski definition) is 1. The molecule has 1 amide bonds. The minimum absolute atomic E-state index is 0.0657. The molecule has 1 aliphatic carbocycles. The highest BCUT2D eigenvalue weighted by molar-refractivity contribution is 5.91. The molecule has 1 heterocycles. The lowest BCUT2D eigenvalue weighted by atomic mass is 9.93. The average Bonchev–Trinajstić information content (AvgIpc) is 3.35. The number of aliphatic hydroxyl groups is 1. The van der Waals surface area contributed by atoms with Crippen LogP contribution in [0.15, 0.2) is 30.3 Å². The monoisotopic (exact) mass is 289 g/mol. The summed E-state index contributed by atoms with van der Waals surface area (Å²) in [7, 11) is 0. The van der Waals surface area contributed by atoms with Gasteiger partial charge in [0, 0.05) is 13.1 Å². The molecule has 2 aliphatic rings. The van der Waals surface area contributed by atoms with Crippen LogP contribution in [0.25, 0.3) is 0 Å². The van der Waals surface area contributed by atoms with Crippen LogP contribution in [0, 0.1) is 0 Å². The van der Waals surface area contributed by atoms with E-state index < -0.39 is 0 Å². The van der Waals surface area contributed by atoms with E-state index in [0.29, 0.717) is 6.61 Å². The van der Waals surface area contributed by atoms with Crippen LogP contribution in [0.1, 0.15) is 31.2 Å². The van der Waals surface area contributed by atoms with Gasteiger partial charge in [-0.3, -0.25) is 4.79 Å². The van der Waals surface area contributed by atoms with Gasteiger partial charge in [-0.15, -0.1) is 0 Å². The Balaban J connectivity index is 1.60. The minimum atomic E-state index is -0.250. The van der Waals surface area contributed by atoms with Crippen LogP contribution in [0.2, 0.25) is 0 Å². The Morgan fingerprint density at radius 2 is 1.90 bits per heavy atom. The molecule has 1 aromatic carbocycles. The molecule has 1 saturated carbocycles. The second kappa shape index (κ2) is 6.16. The molecule has 2 fully saturated rings. The van der Waals surface area contributed by atoms with E-state index in [1.165, 1.54) is 0 Å². The molecule has 0 aromatic heterocycles. The lowest BCUT2D eigenvalue weighted by Gasteiger charge is -2.34. The van der Waals surface area contributed by atoms with Crippen molar-refractivity contribution >= 4 is 5.91 Å². The van der Waals surface area contributed by atoms with Gasteiger partial charge in [0.2, 0.25) is 5.91 Å². The fourth-order valence-electron chi connectivity index (χ4n) is 3.26. The third-order valence-corrected chi connectivity index (χ3v) is 4.66. The highest BCUT2D eigenvalue weighted by Crippen LogP contribution is 2.49. The maximum atomic E-state index is 12.8. The fraction of sp³-hybridized carbons (Fsp3) is 0.588. The highest BCUT2D eigenvalue weighted by atomic mass is 16.5. The van der Waals surface area contributed by atoms with Crippen LogP contribution in [0.3, 0.4) is 0 Å². The van der Waals surface area contributed by atoms with Gasteiger partial charge < -0.3 is 14.7 Å². The summed E-state index contributed by atoms with van der Waals surface area (Å²) in [6.45, 7) is 2.00. The van der Waals surface area contributed by atoms with E-state index in [9.17, 15) is 4.79 Å². The van der Waals surface area contributed by atoms with Gasteiger partial charge in [0.15, 0.2) is 0 Å². The van der Waals surface area contributed by atoms with Crippen molar-refractivity contribution in [2.45, 2.75) is 37.2 Å². The summed E-state index contributed by atoms with van der Waals surface area (Å²) in [5.74, 6) is 0.286. The van der Waals surface area contributed by atoms with Crippen molar-refractivity contribution in [3.05, 3.63) is 35.9 Å². The zero-order valence-electron chi connectivity index (χ0n) is 12.3. The first-order valence-electron chi connectivity index (χ1n) is 7.84. The Morgan fingerprint density at radius 3 is 2.48 bits per heavy atom. The molecule has 0 unspecified atom stereocenters. The van der Waals surface area contributed by atoms with Crippen molar-refractivity contribution in [2.24, 2.45) is 0 Å². The minimum Gasteiger partial charge on any atom is -0.394 e. The molecule has 0 radical (unpaired) electrons. The maximum absolute atomic E-state index is 12.8. The second-order valence-corrected chi connectivity index (χ2v) is 6.03. The zero-order chi connectivity index (χ0) is 14.7. The number of piperidine rings is 1. The number of carbonyl (C=O) groups excluding carboxylic acids is 1. The largest absolute Gasteiger partial charge is 0.394 e. The zero-order valence-corrected chi connectivity index (χ0v) is 12.3. The van der Waals surface area contributed by atoms with Crippen molar-refractivity contribution < 1.29 is 14.6 Å². The predicted octanol–water partition coefficient (Wildman–Crippen LogP) is 1.72. The van der Waals surface area contributed by atoms with Crippen molar-refractivity contribution in [3.63, 3.8) is 0 Å². The smallest absolute Gasteiger partial charge is 0.233 e. The first-order chi connectivity index (χ1) is 10.3. The molecule has 1 aromatic rings. The van der Waals surface area contributed by atoms with Crippen molar-refractivity contribution in [2.75, 3.05) is 26.3 Å². The number of ether oxygens (including phenoxy) is 1. The van der Waals surface area contributed by atoms with E-state index in [-0.39, 0.29) is 24.0 Å². The van der Waals surface area contributed by atoms with E-state index in [1.54, 1.807) is 0 Å². The summed E-state index contributed by atoms with van der Waals surface area (Å²) in [5, 5.41) is 8.79. The molecule has 0 atom stereocenters. The Morgan fingerprint density at radius 1 is 1.24 bits per heavy atom. The molecule has 4 nitrogen and oxygen atoms in total. The lowest BCUT2D eigenvalue weighted by Crippen LogP contribution is -2.45. The summed E-state index contributed by atoms with van der Waals surface area (Å²) in [5.41, 5.74) is 0.911. The van der Waals surface area contributed by atoms with Gasteiger partial charge in [-0.05, 0) is 31.2 Å². The third-order valence-electron chi connectivity index (χ3n) is 4.66. The lowest BCUT2D eigenvalue weighted by molar-refractivity contribution is -0.136. The van der Waals surface area contributed by atoms with Gasteiger partial charge >= 0.3 is 0 Å². The molecule has 1 N–H and O–H groups in total. The van der Waals surface area contributed by atoms with E-state index in [0.717, 1.165) is 44.3 Å². The Bertz CT molecular complexity index is 476. The molecule has 4 heteroatoms. The van der Waals surface area contributed by atoms with Gasteiger partial charge in [-0.1, -0.05) is 30.3 Å². The number of carbonyl (C=O) groups is 1. The SMILES string of the molecule is O=C(N1CCC(OCCO)CC1)C1(c2ccccc2)CC1. The van der Waals surface area contributed by atoms with Gasteiger partial charge in [0.05, 0.1) is 24.7 Å². The molecule has 21 heavy (non-hydrogen) atoms. The topological polar surface area (TPSA) is 49.8 Å². The van der Waals surface area contributed by atoms with Crippen molar-refractivity contribution in [1.29, 1.82) is 0 Å². The predicted molar refractivity (Wildman–Crippen MR) is 80.0 cm³/mol. The van der Waals surface area contributed by atoms with Gasteiger partial charge in [-0.2, -0.15) is 0 Å². The molecule has 1 saturated heterocycles. The quantitative estimate of drug-likeness (QED) is 0.898. The first kappa shape index (κ1) is 14.5. The number of benzene rings is 1. The summed E-state index contributed by atoms with van der Waals surface area (Å²) >= 11 is 0. The summed E-state index contributed by atoms with van der Waals surface area (Å²) in [6.07, 6.45) is 3.87. The Labute approximate surface area is 125 Å². The summed E-state index contributed by atoms with van der Waals surface area (Å²) in [4.78, 5) is 14.8. The molecule has 1 aliphatic heterocycles. The van der Waals surface area contributed by atoms with Crippen molar-refractivity contribution in [3.8, 4) is 0 Å². The molecule has 0 spiro atoms. The molecule has 3 rings (SSSR count). The average molecular weight is 289 g/mol. The van der Waals surface area contributed by atoms with E-state index in [4.69, 9.17) is 9.84 Å². The number of hydrogen-bond acceptors (Lipinski definition) is 3. The van der Waals surface area contributed by atoms with Gasteiger partial charge in [0.25, 0.3) is 0 Å². The third kappa shape index (κ3) is 2.97. The number of aliphatic hydroxyl groups excluding tert-OH is 1. The molecule has 114 valence electrons. The molecular formula is C17H23NO3. The summed E-state index contributed by atoms with van der Waals surface area (Å²) in [6, 6.07) is 10.2. The first-order valence-corrected chi connectivity index (χ1v) is 7.84. The Hall–Kier alpha value is -1.39. The molecular weight excluding hydrogens is 266 g/mol. The fourth-order valence-corrected chi connectivity index (χ4v) is 3.26. The second-order valence-electron chi connectivity index (χ2n) is 6.03. The standard InChI is InChI=1S/C17H23NO3/c19-12-13-21-15-6-10-18(11-7-15)16(20)17(8-9-17)14-4-2-1-3-5-14/h1-5,15,19H,6-13H2. The summed E-state index contributed by atoms with van der Waals surface area (Å²) < 4.78 is 5.56. The number of nitrogens with zero attached hydrogens (tertiary/aromatic N) is 1. The highest BCUT2D eigenvalue weighted by Gasteiger charge is 2.53. The van der Waals surface area contributed by atoms with Crippen LogP contribution in [0.4, 0.5) is 0 Å². The van der Waals surface area contributed by atoms with Crippen LogP contribution in [-0.2, 0) is 14.9 Å². The van der Waals surface area contributed by atoms with Crippen LogP contribution in [-0.4, -0.2) is 48.3 Å². The van der Waals surface area contributed by atoms with Crippen LogP contribution >= 0.6 is 0 Å².